The highest BCUT2D eigenvalue weighted by molar-refractivity contribution is 5.83. The van der Waals surface area contributed by atoms with Gasteiger partial charge in [-0.2, -0.15) is 0 Å². The predicted molar refractivity (Wildman–Crippen MR) is 86.0 cm³/mol. The number of aryl methyl sites for hydroxylation is 1. The first-order chi connectivity index (χ1) is 10.2. The van der Waals surface area contributed by atoms with Crippen molar-refractivity contribution < 1.29 is 9.15 Å². The van der Waals surface area contributed by atoms with Crippen LogP contribution in [0.5, 0.6) is 5.75 Å². The minimum Gasteiger partial charge on any atom is -0.493 e. The largest absolute Gasteiger partial charge is 0.493 e. The Balaban J connectivity index is 1.89. The third-order valence-electron chi connectivity index (χ3n) is 3.57. The van der Waals surface area contributed by atoms with E-state index in [0.717, 1.165) is 28.2 Å². The number of furan rings is 1. The van der Waals surface area contributed by atoms with E-state index in [9.17, 15) is 0 Å². The Kier molecular flexibility index (Phi) is 3.57. The molecule has 108 valence electrons. The molecular formula is C18H19NO2. The molecule has 1 N–H and O–H groups in total. The van der Waals surface area contributed by atoms with Crippen molar-refractivity contribution >= 4 is 16.7 Å². The number of nitrogens with one attached hydrogen (secondary N) is 1. The SMILES string of the molecule is COc1cccc2cc(C(C)Nc3cccc(C)c3)oc12. The van der Waals surface area contributed by atoms with Crippen molar-refractivity contribution in [3.8, 4) is 5.75 Å². The Bertz CT molecular complexity index is 761. The summed E-state index contributed by atoms with van der Waals surface area (Å²) in [5.41, 5.74) is 3.13. The first-order valence-corrected chi connectivity index (χ1v) is 7.07. The van der Waals surface area contributed by atoms with Gasteiger partial charge in [-0.05, 0) is 43.7 Å². The van der Waals surface area contributed by atoms with Crippen LogP contribution in [0.3, 0.4) is 0 Å². The van der Waals surface area contributed by atoms with Gasteiger partial charge in [-0.25, -0.2) is 0 Å². The van der Waals surface area contributed by atoms with Crippen molar-refractivity contribution in [1.29, 1.82) is 0 Å². The molecule has 0 fully saturated rings. The van der Waals surface area contributed by atoms with Gasteiger partial charge in [0.2, 0.25) is 0 Å². The fourth-order valence-electron chi connectivity index (χ4n) is 2.49. The van der Waals surface area contributed by atoms with Gasteiger partial charge in [0.25, 0.3) is 0 Å². The first-order valence-electron chi connectivity index (χ1n) is 7.07. The maximum absolute atomic E-state index is 5.97. The summed E-state index contributed by atoms with van der Waals surface area (Å²) >= 11 is 0. The number of methoxy groups -OCH3 is 1. The van der Waals surface area contributed by atoms with Crippen molar-refractivity contribution in [1.82, 2.24) is 0 Å². The van der Waals surface area contributed by atoms with E-state index in [1.165, 1.54) is 5.56 Å². The maximum atomic E-state index is 5.97. The van der Waals surface area contributed by atoms with Crippen molar-refractivity contribution in [2.45, 2.75) is 19.9 Å². The smallest absolute Gasteiger partial charge is 0.176 e. The Hall–Kier alpha value is -2.42. The van der Waals surface area contributed by atoms with Crippen molar-refractivity contribution in [3.63, 3.8) is 0 Å². The molecule has 1 aromatic heterocycles. The van der Waals surface area contributed by atoms with Gasteiger partial charge < -0.3 is 14.5 Å². The predicted octanol–water partition coefficient (Wildman–Crippen LogP) is 4.92. The zero-order valence-corrected chi connectivity index (χ0v) is 12.5. The lowest BCUT2D eigenvalue weighted by Crippen LogP contribution is -2.05. The van der Waals surface area contributed by atoms with Gasteiger partial charge in [0.15, 0.2) is 11.3 Å². The van der Waals surface area contributed by atoms with Crippen LogP contribution >= 0.6 is 0 Å². The van der Waals surface area contributed by atoms with Gasteiger partial charge in [0.05, 0.1) is 13.2 Å². The van der Waals surface area contributed by atoms with E-state index in [2.05, 4.69) is 43.4 Å². The Morgan fingerprint density at radius 1 is 1.10 bits per heavy atom. The highest BCUT2D eigenvalue weighted by Crippen LogP contribution is 2.32. The van der Waals surface area contributed by atoms with Gasteiger partial charge in [0.1, 0.15) is 5.76 Å². The molecule has 21 heavy (non-hydrogen) atoms. The zero-order valence-electron chi connectivity index (χ0n) is 12.5. The molecule has 0 bridgehead atoms. The fraction of sp³-hybridized carbons (Fsp3) is 0.222. The number of para-hydroxylation sites is 1. The van der Waals surface area contributed by atoms with E-state index in [1.807, 2.05) is 24.3 Å². The summed E-state index contributed by atoms with van der Waals surface area (Å²) in [6.45, 7) is 4.18. The molecule has 0 spiro atoms. The number of fused-ring (bicyclic) bond motifs is 1. The van der Waals surface area contributed by atoms with Crippen molar-refractivity contribution in [2.75, 3.05) is 12.4 Å². The number of benzene rings is 2. The molecule has 0 saturated heterocycles. The minimum atomic E-state index is 0.0870. The molecule has 0 radical (unpaired) electrons. The van der Waals surface area contributed by atoms with E-state index in [0.29, 0.717) is 0 Å². The third-order valence-corrected chi connectivity index (χ3v) is 3.57. The normalized spacial score (nSPS) is 12.3. The van der Waals surface area contributed by atoms with Crippen LogP contribution in [0.2, 0.25) is 0 Å². The van der Waals surface area contributed by atoms with E-state index in [-0.39, 0.29) is 6.04 Å². The van der Waals surface area contributed by atoms with E-state index >= 15 is 0 Å². The van der Waals surface area contributed by atoms with Crippen LogP contribution in [0.1, 0.15) is 24.3 Å². The molecule has 2 aromatic carbocycles. The second kappa shape index (κ2) is 5.52. The molecule has 1 heterocycles. The molecule has 1 atom stereocenters. The number of hydrogen-bond acceptors (Lipinski definition) is 3. The van der Waals surface area contributed by atoms with Crippen LogP contribution in [0.4, 0.5) is 5.69 Å². The van der Waals surface area contributed by atoms with Crippen LogP contribution in [0.25, 0.3) is 11.0 Å². The molecule has 0 aliphatic rings. The maximum Gasteiger partial charge on any atom is 0.176 e. The second-order valence-corrected chi connectivity index (χ2v) is 5.26. The highest BCUT2D eigenvalue weighted by atomic mass is 16.5. The van der Waals surface area contributed by atoms with Gasteiger partial charge in [0, 0.05) is 11.1 Å². The van der Waals surface area contributed by atoms with E-state index in [4.69, 9.17) is 9.15 Å². The molecular weight excluding hydrogens is 262 g/mol. The summed E-state index contributed by atoms with van der Waals surface area (Å²) in [6.07, 6.45) is 0. The summed E-state index contributed by atoms with van der Waals surface area (Å²) in [7, 11) is 1.66. The Morgan fingerprint density at radius 2 is 1.90 bits per heavy atom. The lowest BCUT2D eigenvalue weighted by atomic mass is 10.2. The minimum absolute atomic E-state index is 0.0870. The molecule has 3 rings (SSSR count). The van der Waals surface area contributed by atoms with Crippen LogP contribution in [-0.2, 0) is 0 Å². The molecule has 0 aliphatic carbocycles. The summed E-state index contributed by atoms with van der Waals surface area (Å²) in [6, 6.07) is 16.4. The monoisotopic (exact) mass is 281 g/mol. The lowest BCUT2D eigenvalue weighted by molar-refractivity contribution is 0.406. The highest BCUT2D eigenvalue weighted by Gasteiger charge is 2.14. The lowest BCUT2D eigenvalue weighted by Gasteiger charge is -2.13. The van der Waals surface area contributed by atoms with Gasteiger partial charge in [-0.3, -0.25) is 0 Å². The standard InChI is InChI=1S/C18H19NO2/c1-12-6-4-8-15(10-12)19-13(2)17-11-14-7-5-9-16(20-3)18(14)21-17/h4-11,13,19H,1-3H3. The third kappa shape index (κ3) is 2.72. The summed E-state index contributed by atoms with van der Waals surface area (Å²) in [4.78, 5) is 0. The molecule has 3 heteroatoms. The molecule has 0 aliphatic heterocycles. The second-order valence-electron chi connectivity index (χ2n) is 5.26. The molecule has 0 amide bonds. The van der Waals surface area contributed by atoms with Crippen molar-refractivity contribution in [2.24, 2.45) is 0 Å². The first kappa shape index (κ1) is 13.6. The fourth-order valence-corrected chi connectivity index (χ4v) is 2.49. The molecule has 0 saturated carbocycles. The van der Waals surface area contributed by atoms with Crippen LogP contribution in [0, 0.1) is 6.92 Å². The van der Waals surface area contributed by atoms with Crippen LogP contribution in [-0.4, -0.2) is 7.11 Å². The average Bonchev–Trinajstić information content (AvgIpc) is 2.91. The molecule has 3 nitrogen and oxygen atoms in total. The van der Waals surface area contributed by atoms with Crippen LogP contribution in [0.15, 0.2) is 52.9 Å². The number of anilines is 1. The van der Waals surface area contributed by atoms with Crippen molar-refractivity contribution in [3.05, 3.63) is 59.9 Å². The summed E-state index contributed by atoms with van der Waals surface area (Å²) in [5.74, 6) is 1.66. The van der Waals surface area contributed by atoms with E-state index in [1.54, 1.807) is 7.11 Å². The summed E-state index contributed by atoms with van der Waals surface area (Å²) in [5, 5.41) is 4.52. The van der Waals surface area contributed by atoms with Gasteiger partial charge in [-0.1, -0.05) is 24.3 Å². The topological polar surface area (TPSA) is 34.4 Å². The van der Waals surface area contributed by atoms with Gasteiger partial charge >= 0.3 is 0 Å². The quantitative estimate of drug-likeness (QED) is 0.736. The van der Waals surface area contributed by atoms with Gasteiger partial charge in [-0.15, -0.1) is 0 Å². The zero-order chi connectivity index (χ0) is 14.8. The number of hydrogen-bond donors (Lipinski definition) is 1. The Morgan fingerprint density at radius 3 is 2.67 bits per heavy atom. The molecule has 3 aromatic rings. The summed E-state index contributed by atoms with van der Waals surface area (Å²) < 4.78 is 11.3. The number of rotatable bonds is 4. The van der Waals surface area contributed by atoms with Crippen LogP contribution < -0.4 is 10.1 Å². The van der Waals surface area contributed by atoms with E-state index < -0.39 is 0 Å². The molecule has 1 unspecified atom stereocenters. The Labute approximate surface area is 124 Å². The average molecular weight is 281 g/mol. The number of ether oxygens (including phenoxy) is 1.